The summed E-state index contributed by atoms with van der Waals surface area (Å²) in [5.74, 6) is -0.234. The second-order valence-corrected chi connectivity index (χ2v) is 5.68. The van der Waals surface area contributed by atoms with Gasteiger partial charge in [-0.25, -0.2) is 8.91 Å². The van der Waals surface area contributed by atoms with Crippen molar-refractivity contribution >= 4 is 21.4 Å². The second kappa shape index (κ2) is 5.95. The van der Waals surface area contributed by atoms with Crippen molar-refractivity contribution in [2.75, 3.05) is 7.05 Å². The van der Waals surface area contributed by atoms with Crippen molar-refractivity contribution in [2.24, 2.45) is 0 Å². The van der Waals surface area contributed by atoms with E-state index < -0.39 is 0 Å². The molecule has 1 atom stereocenters. The largest absolute Gasteiger partial charge is 0.313 e. The molecule has 5 heteroatoms. The van der Waals surface area contributed by atoms with E-state index in [1.165, 1.54) is 6.07 Å². The van der Waals surface area contributed by atoms with Gasteiger partial charge >= 0.3 is 0 Å². The molecule has 0 aliphatic heterocycles. The molecule has 0 spiro atoms. The maximum Gasteiger partial charge on any atom is 0.137 e. The lowest BCUT2D eigenvalue weighted by Crippen LogP contribution is -2.19. The standard InChI is InChI=1S/C16H15BrFN3/c1-19-14(9-11-5-4-6-13(18)16(11)17)12-10-20-21-8-3-2-7-15(12)21/h2-8,10,14,19H,9H2,1H3. The molecule has 3 rings (SSSR count). The summed E-state index contributed by atoms with van der Waals surface area (Å²) >= 11 is 3.33. The molecular formula is C16H15BrFN3. The molecule has 0 bridgehead atoms. The highest BCUT2D eigenvalue weighted by molar-refractivity contribution is 9.10. The second-order valence-electron chi connectivity index (χ2n) is 4.89. The molecule has 108 valence electrons. The third kappa shape index (κ3) is 2.71. The number of fused-ring (bicyclic) bond motifs is 1. The van der Waals surface area contributed by atoms with Crippen molar-refractivity contribution in [2.45, 2.75) is 12.5 Å². The van der Waals surface area contributed by atoms with Crippen LogP contribution < -0.4 is 5.32 Å². The molecule has 0 aliphatic carbocycles. The van der Waals surface area contributed by atoms with Crippen LogP contribution in [0.5, 0.6) is 0 Å². The number of nitrogens with zero attached hydrogens (tertiary/aromatic N) is 2. The van der Waals surface area contributed by atoms with Crippen LogP contribution in [0.15, 0.2) is 53.3 Å². The molecule has 0 radical (unpaired) electrons. The molecule has 0 saturated carbocycles. The minimum absolute atomic E-state index is 0.0722. The number of halogens is 2. The predicted octanol–water partition coefficient (Wildman–Crippen LogP) is 3.74. The van der Waals surface area contributed by atoms with E-state index in [-0.39, 0.29) is 11.9 Å². The molecule has 0 saturated heterocycles. The summed E-state index contributed by atoms with van der Waals surface area (Å²) in [5.41, 5.74) is 3.10. The molecule has 2 aromatic heterocycles. The Labute approximate surface area is 130 Å². The van der Waals surface area contributed by atoms with Crippen molar-refractivity contribution in [3.63, 3.8) is 0 Å². The number of aromatic nitrogens is 2. The van der Waals surface area contributed by atoms with Crippen LogP contribution in [0, 0.1) is 5.82 Å². The number of nitrogens with one attached hydrogen (secondary N) is 1. The Balaban J connectivity index is 1.97. The molecule has 0 fully saturated rings. The predicted molar refractivity (Wildman–Crippen MR) is 84.8 cm³/mol. The van der Waals surface area contributed by atoms with Gasteiger partial charge in [-0.05, 0) is 53.2 Å². The first kappa shape index (κ1) is 14.2. The quantitative estimate of drug-likeness (QED) is 0.778. The third-order valence-corrected chi connectivity index (χ3v) is 4.52. The first-order valence-corrected chi connectivity index (χ1v) is 7.52. The fraction of sp³-hybridized carbons (Fsp3) is 0.188. The summed E-state index contributed by atoms with van der Waals surface area (Å²) in [5, 5.41) is 7.66. The van der Waals surface area contributed by atoms with Gasteiger partial charge in [0.2, 0.25) is 0 Å². The smallest absolute Gasteiger partial charge is 0.137 e. The van der Waals surface area contributed by atoms with Crippen LogP contribution in [0.4, 0.5) is 4.39 Å². The first-order valence-electron chi connectivity index (χ1n) is 6.73. The number of hydrogen-bond donors (Lipinski definition) is 1. The number of benzene rings is 1. The van der Waals surface area contributed by atoms with E-state index in [4.69, 9.17) is 0 Å². The maximum atomic E-state index is 13.6. The topological polar surface area (TPSA) is 29.3 Å². The van der Waals surface area contributed by atoms with Crippen LogP contribution in [-0.4, -0.2) is 16.7 Å². The molecule has 2 heterocycles. The summed E-state index contributed by atoms with van der Waals surface area (Å²) < 4.78 is 16.0. The van der Waals surface area contributed by atoms with E-state index in [1.54, 1.807) is 6.07 Å². The van der Waals surface area contributed by atoms with Gasteiger partial charge in [0.25, 0.3) is 0 Å². The summed E-state index contributed by atoms with van der Waals surface area (Å²) in [6.07, 6.45) is 4.47. The highest BCUT2D eigenvalue weighted by Gasteiger charge is 2.17. The number of pyridine rings is 1. The van der Waals surface area contributed by atoms with Crippen LogP contribution in [-0.2, 0) is 6.42 Å². The summed E-state index contributed by atoms with van der Waals surface area (Å²) in [6, 6.07) is 11.2. The van der Waals surface area contributed by atoms with Crippen molar-refractivity contribution in [1.82, 2.24) is 14.9 Å². The molecule has 1 aromatic carbocycles. The minimum Gasteiger partial charge on any atom is -0.313 e. The highest BCUT2D eigenvalue weighted by atomic mass is 79.9. The normalized spacial score (nSPS) is 12.7. The van der Waals surface area contributed by atoms with Crippen molar-refractivity contribution in [1.29, 1.82) is 0 Å². The van der Waals surface area contributed by atoms with Gasteiger partial charge in [0.1, 0.15) is 5.82 Å². The molecule has 0 aliphatic rings. The number of likely N-dealkylation sites (N-methyl/N-ethyl adjacent to an activating group) is 1. The average molecular weight is 348 g/mol. The van der Waals surface area contributed by atoms with Gasteiger partial charge in [0, 0.05) is 17.8 Å². The Kier molecular flexibility index (Phi) is 4.03. The zero-order chi connectivity index (χ0) is 14.8. The van der Waals surface area contributed by atoms with E-state index in [1.807, 2.05) is 48.2 Å². The Bertz CT molecular complexity index is 769. The van der Waals surface area contributed by atoms with Gasteiger partial charge in [-0.3, -0.25) is 0 Å². The Morgan fingerprint density at radius 1 is 1.29 bits per heavy atom. The van der Waals surface area contributed by atoms with Crippen LogP contribution in [0.2, 0.25) is 0 Å². The molecule has 1 N–H and O–H groups in total. The molecule has 3 aromatic rings. The van der Waals surface area contributed by atoms with Crippen molar-refractivity contribution in [3.05, 3.63) is 70.2 Å². The fourth-order valence-electron chi connectivity index (χ4n) is 2.52. The zero-order valence-corrected chi connectivity index (χ0v) is 13.1. The maximum absolute atomic E-state index is 13.6. The molecule has 3 nitrogen and oxygen atoms in total. The van der Waals surface area contributed by atoms with Gasteiger partial charge in [-0.2, -0.15) is 5.10 Å². The van der Waals surface area contributed by atoms with Crippen LogP contribution in [0.3, 0.4) is 0 Å². The van der Waals surface area contributed by atoms with Gasteiger partial charge in [-0.1, -0.05) is 18.2 Å². The molecular weight excluding hydrogens is 333 g/mol. The number of rotatable bonds is 4. The average Bonchev–Trinajstić information content (AvgIpc) is 2.93. The van der Waals surface area contributed by atoms with Gasteiger partial charge in [-0.15, -0.1) is 0 Å². The third-order valence-electron chi connectivity index (χ3n) is 3.64. The summed E-state index contributed by atoms with van der Waals surface area (Å²) in [4.78, 5) is 0. The Morgan fingerprint density at radius 2 is 2.14 bits per heavy atom. The first-order chi connectivity index (χ1) is 10.2. The van der Waals surface area contributed by atoms with E-state index >= 15 is 0 Å². The lowest BCUT2D eigenvalue weighted by atomic mass is 10.00. The van der Waals surface area contributed by atoms with Crippen molar-refractivity contribution < 1.29 is 4.39 Å². The van der Waals surface area contributed by atoms with Crippen LogP contribution in [0.1, 0.15) is 17.2 Å². The fourth-order valence-corrected chi connectivity index (χ4v) is 2.94. The summed E-state index contributed by atoms with van der Waals surface area (Å²) in [7, 11) is 1.91. The molecule has 21 heavy (non-hydrogen) atoms. The summed E-state index contributed by atoms with van der Waals surface area (Å²) in [6.45, 7) is 0. The lowest BCUT2D eigenvalue weighted by molar-refractivity contribution is 0.583. The van der Waals surface area contributed by atoms with Crippen molar-refractivity contribution in [3.8, 4) is 0 Å². The van der Waals surface area contributed by atoms with Gasteiger partial charge < -0.3 is 5.32 Å². The Morgan fingerprint density at radius 3 is 2.95 bits per heavy atom. The number of hydrogen-bond acceptors (Lipinski definition) is 2. The minimum atomic E-state index is -0.234. The van der Waals surface area contributed by atoms with Gasteiger partial charge in [0.05, 0.1) is 16.2 Å². The lowest BCUT2D eigenvalue weighted by Gasteiger charge is -2.16. The van der Waals surface area contributed by atoms with Gasteiger partial charge in [0.15, 0.2) is 0 Å². The highest BCUT2D eigenvalue weighted by Crippen LogP contribution is 2.27. The monoisotopic (exact) mass is 347 g/mol. The molecule has 0 amide bonds. The SMILES string of the molecule is CNC(Cc1cccc(F)c1Br)c1cnn2ccccc12. The van der Waals surface area contributed by atoms with Crippen LogP contribution >= 0.6 is 15.9 Å². The Hall–Kier alpha value is -1.72. The van der Waals surface area contributed by atoms with E-state index in [9.17, 15) is 4.39 Å². The van der Waals surface area contributed by atoms with E-state index in [0.717, 1.165) is 16.6 Å². The van der Waals surface area contributed by atoms with E-state index in [0.29, 0.717) is 10.9 Å². The molecule has 1 unspecified atom stereocenters. The van der Waals surface area contributed by atoms with Crippen LogP contribution in [0.25, 0.3) is 5.52 Å². The zero-order valence-electron chi connectivity index (χ0n) is 11.6. The van der Waals surface area contributed by atoms with E-state index in [2.05, 4.69) is 26.3 Å².